The van der Waals surface area contributed by atoms with Gasteiger partial charge < -0.3 is 41.9 Å². The first-order chi connectivity index (χ1) is 31.4. The Morgan fingerprint density at radius 1 is 0.833 bits per heavy atom. The van der Waals surface area contributed by atoms with Crippen LogP contribution >= 0.6 is 11.6 Å². The highest BCUT2D eigenvalue weighted by Crippen LogP contribution is 2.40. The second kappa shape index (κ2) is 23.2. The van der Waals surface area contributed by atoms with Crippen molar-refractivity contribution in [2.75, 3.05) is 33.3 Å². The van der Waals surface area contributed by atoms with Gasteiger partial charge in [-0.2, -0.15) is 0 Å². The van der Waals surface area contributed by atoms with E-state index in [-0.39, 0.29) is 59.8 Å². The zero-order valence-corrected chi connectivity index (χ0v) is 38.1. The largest absolute Gasteiger partial charge is 0.507 e. The van der Waals surface area contributed by atoms with Gasteiger partial charge in [0.25, 0.3) is 0 Å². The third-order valence-corrected chi connectivity index (χ3v) is 12.2. The first-order valence-corrected chi connectivity index (χ1v) is 22.3. The molecule has 5 rings (SSSR count). The molecule has 0 fully saturated rings. The van der Waals surface area contributed by atoms with Gasteiger partial charge in [0.2, 0.25) is 23.6 Å². The smallest absolute Gasteiger partial charge is 0.237 e. The molecule has 0 aliphatic carbocycles. The van der Waals surface area contributed by atoms with Gasteiger partial charge in [0, 0.05) is 72.3 Å². The van der Waals surface area contributed by atoms with Crippen LogP contribution in [0.1, 0.15) is 79.9 Å². The number of halogens is 1. The van der Waals surface area contributed by atoms with E-state index in [1.54, 1.807) is 30.3 Å². The highest BCUT2D eigenvalue weighted by Gasteiger charge is 2.36. The number of aliphatic hydroxyl groups is 1. The van der Waals surface area contributed by atoms with E-state index in [1.165, 1.54) is 56.1 Å². The summed E-state index contributed by atoms with van der Waals surface area (Å²) in [4.78, 5) is 98.3. The average Bonchev–Trinajstić information content (AvgIpc) is 3.28. The number of phenolic OH excluding ortho intramolecular Hbond substituents is 2. The van der Waals surface area contributed by atoms with E-state index < -0.39 is 84.6 Å². The lowest BCUT2D eigenvalue weighted by Crippen LogP contribution is -2.47. The number of fused-ring (bicyclic) bond motifs is 5. The number of nitrogens with zero attached hydrogens (tertiary/aromatic N) is 2. The van der Waals surface area contributed by atoms with Crippen LogP contribution < -0.4 is 16.8 Å². The summed E-state index contributed by atoms with van der Waals surface area (Å²) in [7, 11) is 1.45. The number of unbranched alkanes of at least 4 members (excludes halogenated alkanes) is 1. The highest BCUT2D eigenvalue weighted by molar-refractivity contribution is 6.30. The van der Waals surface area contributed by atoms with Gasteiger partial charge in [0.05, 0.1) is 19.2 Å². The normalized spacial score (nSPS) is 17.2. The van der Waals surface area contributed by atoms with Gasteiger partial charge >= 0.3 is 0 Å². The predicted octanol–water partition coefficient (Wildman–Crippen LogP) is 5.14. The topological polar surface area (TPSA) is 251 Å². The van der Waals surface area contributed by atoms with Crippen LogP contribution in [0.25, 0.3) is 22.3 Å². The number of aliphatic hydroxyl groups excluding tert-OH is 1. The van der Waals surface area contributed by atoms with Crippen molar-refractivity contribution in [2.24, 2.45) is 29.2 Å². The molecule has 0 radical (unpaired) electrons. The predicted molar refractivity (Wildman–Crippen MR) is 249 cm³/mol. The van der Waals surface area contributed by atoms with Gasteiger partial charge in [-0.05, 0) is 84.5 Å². The van der Waals surface area contributed by atoms with Crippen LogP contribution in [0.2, 0.25) is 5.02 Å². The molecule has 350 valence electrons. The molecule has 4 amide bonds. The fourth-order valence-corrected chi connectivity index (χ4v) is 8.43. The number of amides is 4. The van der Waals surface area contributed by atoms with Gasteiger partial charge in [0.15, 0.2) is 17.3 Å². The van der Waals surface area contributed by atoms with Gasteiger partial charge in [-0.25, -0.2) is 0 Å². The van der Waals surface area contributed by atoms with Crippen molar-refractivity contribution in [3.8, 4) is 33.8 Å². The van der Waals surface area contributed by atoms with Crippen molar-refractivity contribution in [2.45, 2.75) is 70.9 Å². The molecule has 4 aromatic rings. The molecular weight excluding hydrogens is 866 g/mol. The van der Waals surface area contributed by atoms with Crippen LogP contribution in [0.4, 0.5) is 0 Å². The summed E-state index contributed by atoms with van der Waals surface area (Å²) in [6.45, 7) is 2.25. The fraction of sp³-hybridized carbons (Fsp3) is 0.380. The SMILES string of the molecule is C[C@@H]1CC(=O)[C@@H](N(C)C(=O)[C@H](CCCCN)CC(=O)c2ccc(-c3ccc(Cl)cc3)cc2)c2ccc(O)c(c2)-c2cc(ccc2O)C[C@@H](C(=O)C[C@@H](C)C(=O)N(CCO)CC(N)=O)NC1=O. The first kappa shape index (κ1) is 50.6. The Morgan fingerprint density at radius 2 is 1.45 bits per heavy atom. The molecule has 0 saturated heterocycles. The standard InChI is InChI=1S/C50H58ClN5O10/c1-29-22-45(62)47(55(3)50(66)36(6-4-5-19-52)27-43(60)34-10-8-32(9-11-34)33-12-15-37(51)16-13-33)35-14-18-42(59)39(26-35)38-24-31(7-17-41(38)58)25-40(54-48(29)64)44(61)23-30(2)49(65)56(20-21-57)28-46(53)63/h7-18,24,26,29-30,36,40,47,57-59H,4-6,19-23,25,27-28,52H2,1-3H3,(H2,53,63)(H,54,64)/t29-,30-,36-,40+,47+/m1/s1. The number of carbonyl (C=O) groups excluding carboxylic acids is 7. The molecule has 16 heteroatoms. The van der Waals surface area contributed by atoms with Gasteiger partial charge in [0.1, 0.15) is 17.5 Å². The van der Waals surface area contributed by atoms with E-state index in [9.17, 15) is 48.9 Å². The molecule has 8 N–H and O–H groups in total. The lowest BCUT2D eigenvalue weighted by Gasteiger charge is -2.32. The Morgan fingerprint density at radius 3 is 2.08 bits per heavy atom. The average molecular weight is 924 g/mol. The van der Waals surface area contributed by atoms with Crippen LogP contribution in [0, 0.1) is 17.8 Å². The van der Waals surface area contributed by atoms with E-state index in [1.807, 2.05) is 24.3 Å². The van der Waals surface area contributed by atoms with E-state index in [2.05, 4.69) is 5.32 Å². The maximum absolute atomic E-state index is 14.7. The number of hydrogen-bond acceptors (Lipinski definition) is 11. The molecule has 15 nitrogen and oxygen atoms in total. The monoisotopic (exact) mass is 923 g/mol. The molecule has 1 heterocycles. The van der Waals surface area contributed by atoms with Crippen molar-refractivity contribution in [1.82, 2.24) is 15.1 Å². The summed E-state index contributed by atoms with van der Waals surface area (Å²) in [5, 5.41) is 35.2. The zero-order valence-electron chi connectivity index (χ0n) is 37.4. The van der Waals surface area contributed by atoms with Crippen molar-refractivity contribution in [1.29, 1.82) is 0 Å². The minimum absolute atomic E-state index is 0.0991. The fourth-order valence-electron chi connectivity index (χ4n) is 8.31. The summed E-state index contributed by atoms with van der Waals surface area (Å²) in [5.74, 6) is -7.32. The second-order valence-corrected chi connectivity index (χ2v) is 17.5. The lowest BCUT2D eigenvalue weighted by atomic mass is 9.87. The quantitative estimate of drug-likeness (QED) is 0.0563. The van der Waals surface area contributed by atoms with Crippen molar-refractivity contribution in [3.05, 3.63) is 107 Å². The number of Topliss-reactive ketones (excluding diaryl/α,β-unsaturated/α-hetero) is 3. The number of nitrogens with one attached hydrogen (secondary N) is 1. The first-order valence-electron chi connectivity index (χ1n) is 22.0. The number of carbonyl (C=O) groups is 7. The van der Waals surface area contributed by atoms with Gasteiger partial charge in [-0.15, -0.1) is 0 Å². The third-order valence-electron chi connectivity index (χ3n) is 12.0. The summed E-state index contributed by atoms with van der Waals surface area (Å²) in [6, 6.07) is 20.5. The molecule has 0 saturated carbocycles. The number of nitrogens with two attached hydrogens (primary N) is 2. The van der Waals surface area contributed by atoms with Gasteiger partial charge in [-0.1, -0.05) is 80.4 Å². The van der Waals surface area contributed by atoms with E-state index in [0.29, 0.717) is 42.0 Å². The second-order valence-electron chi connectivity index (χ2n) is 17.0. The Labute approximate surface area is 389 Å². The zero-order chi connectivity index (χ0) is 48.2. The van der Waals surface area contributed by atoms with Crippen LogP contribution in [0.15, 0.2) is 84.9 Å². The van der Waals surface area contributed by atoms with Crippen LogP contribution in [0.5, 0.6) is 11.5 Å². The minimum atomic E-state index is -1.32. The Balaban J connectivity index is 1.47. The number of ketones is 3. The summed E-state index contributed by atoms with van der Waals surface area (Å²) in [6.07, 6.45) is 0.380. The van der Waals surface area contributed by atoms with Crippen LogP contribution in [-0.2, 0) is 35.2 Å². The molecule has 5 atom stereocenters. The minimum Gasteiger partial charge on any atom is -0.507 e. The molecule has 4 bridgehead atoms. The van der Waals surface area contributed by atoms with Crippen molar-refractivity contribution >= 4 is 52.6 Å². The number of primary amides is 1. The lowest BCUT2D eigenvalue weighted by molar-refractivity contribution is -0.142. The molecule has 1 aliphatic rings. The molecule has 0 aromatic heterocycles. The maximum Gasteiger partial charge on any atom is 0.237 e. The van der Waals surface area contributed by atoms with Crippen LogP contribution in [0.3, 0.4) is 0 Å². The number of aromatic hydroxyl groups is 2. The van der Waals surface area contributed by atoms with Gasteiger partial charge in [-0.3, -0.25) is 33.6 Å². The van der Waals surface area contributed by atoms with Crippen molar-refractivity contribution < 1.29 is 48.9 Å². The van der Waals surface area contributed by atoms with Crippen molar-refractivity contribution in [3.63, 3.8) is 0 Å². The number of rotatable bonds is 18. The molecule has 4 aromatic carbocycles. The summed E-state index contributed by atoms with van der Waals surface area (Å²) < 4.78 is 0. The number of phenols is 2. The highest BCUT2D eigenvalue weighted by atomic mass is 35.5. The Kier molecular flexibility index (Phi) is 17.7. The Bertz CT molecular complexity index is 2430. The summed E-state index contributed by atoms with van der Waals surface area (Å²) in [5.41, 5.74) is 14.3. The number of benzene rings is 4. The maximum atomic E-state index is 14.7. The molecule has 0 unspecified atom stereocenters. The number of likely N-dealkylation sites (N-methyl/N-ethyl adjacent to an activating group) is 1. The van der Waals surface area contributed by atoms with E-state index >= 15 is 0 Å². The summed E-state index contributed by atoms with van der Waals surface area (Å²) >= 11 is 6.06. The van der Waals surface area contributed by atoms with E-state index in [0.717, 1.165) is 16.0 Å². The molecule has 66 heavy (non-hydrogen) atoms. The Hall–Kier alpha value is -6.42. The molecular formula is C50H58ClN5O10. The third kappa shape index (κ3) is 12.9. The number of hydrogen-bond donors (Lipinski definition) is 6. The van der Waals surface area contributed by atoms with Crippen LogP contribution in [-0.4, -0.2) is 105 Å². The molecule has 1 aliphatic heterocycles. The van der Waals surface area contributed by atoms with E-state index in [4.69, 9.17) is 23.1 Å². The molecule has 0 spiro atoms.